The van der Waals surface area contributed by atoms with Crippen molar-refractivity contribution in [3.63, 3.8) is 0 Å². The number of hydrogen-bond donors (Lipinski definition) is 1. The van der Waals surface area contributed by atoms with Crippen molar-refractivity contribution in [1.82, 2.24) is 4.98 Å². The third kappa shape index (κ3) is 2.26. The van der Waals surface area contributed by atoms with E-state index in [2.05, 4.69) is 11.1 Å². The molecule has 0 bridgehead atoms. The normalized spacial score (nSPS) is 10.3. The summed E-state index contributed by atoms with van der Waals surface area (Å²) in [6.45, 7) is 0. The smallest absolute Gasteiger partial charge is 0.0992 e. The summed E-state index contributed by atoms with van der Waals surface area (Å²) < 4.78 is 0. The van der Waals surface area contributed by atoms with Crippen LogP contribution in [0.1, 0.15) is 5.56 Å². The first-order valence-corrected chi connectivity index (χ1v) is 6.57. The number of nitrogens with two attached hydrogens (primary N) is 1. The lowest BCUT2D eigenvalue weighted by molar-refractivity contribution is 1.21. The molecule has 3 aromatic rings. The number of benzene rings is 2. The average molecular weight is 274 g/mol. The van der Waals surface area contributed by atoms with Crippen LogP contribution in [0.5, 0.6) is 0 Å². The van der Waals surface area contributed by atoms with Gasteiger partial charge in [0.2, 0.25) is 0 Å². The van der Waals surface area contributed by atoms with Crippen LogP contribution < -0.4 is 10.6 Å². The highest BCUT2D eigenvalue weighted by molar-refractivity contribution is 5.99. The van der Waals surface area contributed by atoms with Crippen molar-refractivity contribution in [3.05, 3.63) is 60.4 Å². The number of nitrogens with zero attached hydrogens (tertiary/aromatic N) is 3. The van der Waals surface area contributed by atoms with Gasteiger partial charge in [-0.15, -0.1) is 0 Å². The van der Waals surface area contributed by atoms with Crippen LogP contribution in [-0.2, 0) is 0 Å². The third-order valence-corrected chi connectivity index (χ3v) is 3.56. The van der Waals surface area contributed by atoms with Gasteiger partial charge in [-0.1, -0.05) is 12.1 Å². The van der Waals surface area contributed by atoms with E-state index < -0.39 is 0 Å². The van der Waals surface area contributed by atoms with Gasteiger partial charge in [0.1, 0.15) is 0 Å². The summed E-state index contributed by atoms with van der Waals surface area (Å²) in [6.07, 6.45) is 3.53. The zero-order valence-electron chi connectivity index (χ0n) is 11.6. The molecule has 0 saturated carbocycles. The quantitative estimate of drug-likeness (QED) is 0.727. The van der Waals surface area contributed by atoms with Crippen LogP contribution >= 0.6 is 0 Å². The molecule has 4 heteroatoms. The Kier molecular flexibility index (Phi) is 3.17. The number of hydrogen-bond acceptors (Lipinski definition) is 4. The molecule has 0 unspecified atom stereocenters. The molecule has 0 aliphatic heterocycles. The summed E-state index contributed by atoms with van der Waals surface area (Å²) in [6, 6.07) is 15.5. The van der Waals surface area contributed by atoms with E-state index in [0.717, 1.165) is 22.1 Å². The topological polar surface area (TPSA) is 65.9 Å². The Morgan fingerprint density at radius 2 is 2.05 bits per heavy atom. The Morgan fingerprint density at radius 1 is 1.19 bits per heavy atom. The lowest BCUT2D eigenvalue weighted by atomic mass is 10.1. The molecule has 2 aromatic carbocycles. The predicted octanol–water partition coefficient (Wildman–Crippen LogP) is 3.46. The van der Waals surface area contributed by atoms with Gasteiger partial charge in [-0.05, 0) is 30.3 Å². The second-order valence-corrected chi connectivity index (χ2v) is 4.82. The lowest BCUT2D eigenvalue weighted by Gasteiger charge is -2.22. The van der Waals surface area contributed by atoms with Gasteiger partial charge in [0, 0.05) is 35.9 Å². The third-order valence-electron chi connectivity index (χ3n) is 3.56. The summed E-state index contributed by atoms with van der Waals surface area (Å²) in [5, 5.41) is 11.0. The van der Waals surface area contributed by atoms with E-state index in [9.17, 15) is 0 Å². The standard InChI is InChI=1S/C17H14N4/c1-21(14-4-2-3-12(9-14)10-18)16-6-5-13-11-20-8-7-15(13)17(16)19/h2-9,11H,19H2,1H3. The molecule has 3 rings (SSSR count). The molecule has 1 heterocycles. The van der Waals surface area contributed by atoms with Gasteiger partial charge in [-0.25, -0.2) is 0 Å². The van der Waals surface area contributed by atoms with Crippen LogP contribution in [0.2, 0.25) is 0 Å². The molecule has 0 spiro atoms. The summed E-state index contributed by atoms with van der Waals surface area (Å²) in [5.74, 6) is 0. The van der Waals surface area contributed by atoms with Gasteiger partial charge in [-0.3, -0.25) is 4.98 Å². The SMILES string of the molecule is CN(c1cccc(C#N)c1)c1ccc2cnccc2c1N. The molecule has 2 N–H and O–H groups in total. The Bertz CT molecular complexity index is 849. The molecular formula is C17H14N4. The molecule has 0 aliphatic rings. The van der Waals surface area contributed by atoms with Crippen LogP contribution in [0.25, 0.3) is 10.8 Å². The van der Waals surface area contributed by atoms with Crippen molar-refractivity contribution in [2.45, 2.75) is 0 Å². The Morgan fingerprint density at radius 3 is 2.86 bits per heavy atom. The van der Waals surface area contributed by atoms with Gasteiger partial charge in [0.25, 0.3) is 0 Å². The number of anilines is 3. The fraction of sp³-hybridized carbons (Fsp3) is 0.0588. The summed E-state index contributed by atoms with van der Waals surface area (Å²) >= 11 is 0. The minimum absolute atomic E-state index is 0.628. The molecule has 0 fully saturated rings. The molecule has 21 heavy (non-hydrogen) atoms. The fourth-order valence-corrected chi connectivity index (χ4v) is 2.40. The number of rotatable bonds is 2. The van der Waals surface area contributed by atoms with Crippen molar-refractivity contribution in [1.29, 1.82) is 5.26 Å². The molecule has 102 valence electrons. The van der Waals surface area contributed by atoms with E-state index in [1.54, 1.807) is 18.5 Å². The van der Waals surface area contributed by atoms with Crippen LogP contribution in [0.3, 0.4) is 0 Å². The molecule has 0 radical (unpaired) electrons. The number of nitriles is 1. The number of nitrogen functional groups attached to an aromatic ring is 1. The summed E-state index contributed by atoms with van der Waals surface area (Å²) in [7, 11) is 1.94. The highest BCUT2D eigenvalue weighted by Crippen LogP contribution is 2.34. The van der Waals surface area contributed by atoms with Gasteiger partial charge in [0.15, 0.2) is 0 Å². The van der Waals surface area contributed by atoms with Crippen molar-refractivity contribution >= 4 is 27.8 Å². The van der Waals surface area contributed by atoms with E-state index in [1.165, 1.54) is 0 Å². The summed E-state index contributed by atoms with van der Waals surface area (Å²) in [4.78, 5) is 6.09. The van der Waals surface area contributed by atoms with Crippen molar-refractivity contribution in [3.8, 4) is 6.07 Å². The van der Waals surface area contributed by atoms with E-state index in [1.807, 2.05) is 48.3 Å². The first-order chi connectivity index (χ1) is 10.2. The molecule has 4 nitrogen and oxygen atoms in total. The molecule has 0 aliphatic carbocycles. The highest BCUT2D eigenvalue weighted by Gasteiger charge is 2.10. The van der Waals surface area contributed by atoms with Crippen LogP contribution in [-0.4, -0.2) is 12.0 Å². The lowest BCUT2D eigenvalue weighted by Crippen LogP contribution is -2.12. The second-order valence-electron chi connectivity index (χ2n) is 4.82. The van der Waals surface area contributed by atoms with Gasteiger partial charge in [-0.2, -0.15) is 5.26 Å². The fourth-order valence-electron chi connectivity index (χ4n) is 2.40. The van der Waals surface area contributed by atoms with Crippen molar-refractivity contribution in [2.24, 2.45) is 0 Å². The largest absolute Gasteiger partial charge is 0.397 e. The van der Waals surface area contributed by atoms with Crippen molar-refractivity contribution in [2.75, 3.05) is 17.7 Å². The zero-order chi connectivity index (χ0) is 14.8. The molecule has 0 saturated heterocycles. The average Bonchev–Trinajstić information content (AvgIpc) is 2.55. The number of aromatic nitrogens is 1. The van der Waals surface area contributed by atoms with Crippen LogP contribution in [0.4, 0.5) is 17.1 Å². The van der Waals surface area contributed by atoms with E-state index in [-0.39, 0.29) is 0 Å². The maximum absolute atomic E-state index is 9.01. The Hall–Kier alpha value is -3.06. The summed E-state index contributed by atoms with van der Waals surface area (Å²) in [5.41, 5.74) is 9.46. The Labute approximate surface area is 123 Å². The minimum Gasteiger partial charge on any atom is -0.397 e. The zero-order valence-corrected chi connectivity index (χ0v) is 11.6. The second kappa shape index (κ2) is 5.14. The van der Waals surface area contributed by atoms with Gasteiger partial charge >= 0.3 is 0 Å². The first kappa shape index (κ1) is 12.9. The Balaban J connectivity index is 2.11. The monoisotopic (exact) mass is 274 g/mol. The first-order valence-electron chi connectivity index (χ1n) is 6.57. The van der Waals surface area contributed by atoms with Gasteiger partial charge in [0.05, 0.1) is 23.0 Å². The van der Waals surface area contributed by atoms with E-state index in [4.69, 9.17) is 11.0 Å². The highest BCUT2D eigenvalue weighted by atomic mass is 15.1. The molecule has 0 atom stereocenters. The maximum atomic E-state index is 9.01. The van der Waals surface area contributed by atoms with Gasteiger partial charge < -0.3 is 10.6 Å². The van der Waals surface area contributed by atoms with Crippen LogP contribution in [0, 0.1) is 11.3 Å². The molecule has 0 amide bonds. The van der Waals surface area contributed by atoms with E-state index >= 15 is 0 Å². The van der Waals surface area contributed by atoms with Crippen molar-refractivity contribution < 1.29 is 0 Å². The van der Waals surface area contributed by atoms with Crippen LogP contribution in [0.15, 0.2) is 54.9 Å². The molecule has 1 aromatic heterocycles. The minimum atomic E-state index is 0.628. The predicted molar refractivity (Wildman–Crippen MR) is 85.4 cm³/mol. The number of fused-ring (bicyclic) bond motifs is 1. The van der Waals surface area contributed by atoms with E-state index in [0.29, 0.717) is 11.3 Å². The maximum Gasteiger partial charge on any atom is 0.0992 e. The number of pyridine rings is 1. The molecular weight excluding hydrogens is 260 g/mol.